The summed E-state index contributed by atoms with van der Waals surface area (Å²) < 4.78 is 12.1. The number of benzene rings is 2. The molecular formula is C21H23N3O4. The summed E-state index contributed by atoms with van der Waals surface area (Å²) in [5.41, 5.74) is 1.99. The lowest BCUT2D eigenvalue weighted by molar-refractivity contribution is -0.143. The van der Waals surface area contributed by atoms with E-state index in [4.69, 9.17) is 9.47 Å². The van der Waals surface area contributed by atoms with E-state index in [0.717, 1.165) is 11.0 Å². The van der Waals surface area contributed by atoms with Gasteiger partial charge in [-0.3, -0.25) is 9.59 Å². The number of fused-ring (bicyclic) bond motifs is 1. The predicted octanol–water partition coefficient (Wildman–Crippen LogP) is 3.10. The van der Waals surface area contributed by atoms with Crippen LogP contribution in [-0.4, -0.2) is 35.1 Å². The molecule has 2 aromatic carbocycles. The molecule has 0 saturated heterocycles. The number of para-hydroxylation sites is 3. The maximum absolute atomic E-state index is 12.7. The van der Waals surface area contributed by atoms with Gasteiger partial charge < -0.3 is 19.4 Å². The van der Waals surface area contributed by atoms with Crippen molar-refractivity contribution in [2.45, 2.75) is 26.4 Å². The van der Waals surface area contributed by atoms with Crippen molar-refractivity contribution in [2.24, 2.45) is 0 Å². The van der Waals surface area contributed by atoms with E-state index in [1.54, 1.807) is 35.8 Å². The molecule has 3 aromatic rings. The van der Waals surface area contributed by atoms with Crippen molar-refractivity contribution >= 4 is 22.9 Å². The second-order valence-electron chi connectivity index (χ2n) is 6.25. The third-order valence-corrected chi connectivity index (χ3v) is 4.36. The first-order chi connectivity index (χ1) is 13.5. The molecule has 0 fully saturated rings. The molecule has 0 bridgehead atoms. The van der Waals surface area contributed by atoms with Crippen molar-refractivity contribution in [3.05, 3.63) is 59.9 Å². The van der Waals surface area contributed by atoms with Gasteiger partial charge in [0, 0.05) is 0 Å². The zero-order chi connectivity index (χ0) is 20.1. The van der Waals surface area contributed by atoms with Gasteiger partial charge in [0.15, 0.2) is 0 Å². The lowest BCUT2D eigenvalue weighted by Gasteiger charge is -2.17. The highest BCUT2D eigenvalue weighted by Gasteiger charge is 2.22. The first-order valence-corrected chi connectivity index (χ1v) is 9.09. The molecule has 1 unspecified atom stereocenters. The molecular weight excluding hydrogens is 358 g/mol. The van der Waals surface area contributed by atoms with Crippen LogP contribution in [-0.2, 0) is 16.1 Å². The van der Waals surface area contributed by atoms with Gasteiger partial charge in [0.25, 0.3) is 5.91 Å². The number of carbonyl (C=O) groups is 2. The van der Waals surface area contributed by atoms with Crippen LogP contribution in [0.4, 0.5) is 0 Å². The molecule has 1 amide bonds. The lowest BCUT2D eigenvalue weighted by atomic mass is 10.1. The molecule has 7 nitrogen and oxygen atoms in total. The van der Waals surface area contributed by atoms with E-state index < -0.39 is 6.04 Å². The van der Waals surface area contributed by atoms with E-state index >= 15 is 0 Å². The van der Waals surface area contributed by atoms with Gasteiger partial charge in [-0.15, -0.1) is 0 Å². The smallest absolute Gasteiger partial charge is 0.326 e. The van der Waals surface area contributed by atoms with Crippen LogP contribution in [0.2, 0.25) is 0 Å². The number of carbonyl (C=O) groups excluding carboxylic acids is 2. The maximum Gasteiger partial charge on any atom is 0.326 e. The number of aromatic nitrogens is 2. The van der Waals surface area contributed by atoms with Gasteiger partial charge in [0.1, 0.15) is 18.1 Å². The van der Waals surface area contributed by atoms with Gasteiger partial charge >= 0.3 is 5.97 Å². The van der Waals surface area contributed by atoms with E-state index in [1.807, 2.05) is 31.2 Å². The zero-order valence-corrected chi connectivity index (χ0v) is 16.1. The van der Waals surface area contributed by atoms with Crippen LogP contribution in [0.5, 0.6) is 5.75 Å². The summed E-state index contributed by atoms with van der Waals surface area (Å²) in [6, 6.07) is 14.1. The monoisotopic (exact) mass is 381 g/mol. The number of nitrogens with zero attached hydrogens (tertiary/aromatic N) is 2. The number of amides is 1. The average Bonchev–Trinajstić information content (AvgIpc) is 3.06. The van der Waals surface area contributed by atoms with Gasteiger partial charge in [0.2, 0.25) is 0 Å². The second-order valence-corrected chi connectivity index (χ2v) is 6.25. The van der Waals surface area contributed by atoms with Crippen molar-refractivity contribution in [1.29, 1.82) is 0 Å². The molecule has 146 valence electrons. The Bertz CT molecular complexity index is 996. The van der Waals surface area contributed by atoms with Gasteiger partial charge in [-0.25, -0.2) is 4.98 Å². The number of hydrogen-bond acceptors (Lipinski definition) is 5. The molecule has 1 N–H and O–H groups in total. The molecule has 0 spiro atoms. The molecule has 0 aliphatic carbocycles. The fraction of sp³-hybridized carbons (Fsp3) is 0.286. The zero-order valence-electron chi connectivity index (χ0n) is 16.1. The van der Waals surface area contributed by atoms with Crippen molar-refractivity contribution in [1.82, 2.24) is 14.9 Å². The van der Waals surface area contributed by atoms with Crippen LogP contribution in [0.15, 0.2) is 48.5 Å². The number of nitrogens with one attached hydrogen (secondary N) is 1. The Morgan fingerprint density at radius 1 is 1.14 bits per heavy atom. The third-order valence-electron chi connectivity index (χ3n) is 4.36. The Morgan fingerprint density at radius 3 is 2.61 bits per heavy atom. The van der Waals surface area contributed by atoms with Crippen molar-refractivity contribution in [3.8, 4) is 5.75 Å². The normalized spacial score (nSPS) is 11.8. The van der Waals surface area contributed by atoms with Crippen molar-refractivity contribution in [3.63, 3.8) is 0 Å². The molecule has 0 aliphatic heterocycles. The molecule has 3 rings (SSSR count). The van der Waals surface area contributed by atoms with Crippen LogP contribution in [0.25, 0.3) is 11.0 Å². The third kappa shape index (κ3) is 3.98. The Labute approximate surface area is 163 Å². The molecule has 28 heavy (non-hydrogen) atoms. The molecule has 7 heteroatoms. The molecule has 1 aromatic heterocycles. The number of rotatable bonds is 7. The Morgan fingerprint density at radius 2 is 1.86 bits per heavy atom. The Kier molecular flexibility index (Phi) is 5.93. The summed E-state index contributed by atoms with van der Waals surface area (Å²) in [4.78, 5) is 29.4. The first-order valence-electron chi connectivity index (χ1n) is 9.09. The SMILES string of the molecule is CCOC(=O)Cn1c(C(C)NC(=O)c2ccccc2OC)nc2ccccc21. The standard InChI is InChI=1S/C21H23N3O4/c1-4-28-19(25)13-24-17-11-7-6-10-16(17)23-20(24)14(2)22-21(26)15-9-5-8-12-18(15)27-3/h5-12,14H,4,13H2,1-3H3,(H,22,26). The first kappa shape index (κ1) is 19.4. The van der Waals surface area contributed by atoms with Crippen LogP contribution in [0.1, 0.15) is 36.1 Å². The van der Waals surface area contributed by atoms with E-state index in [9.17, 15) is 9.59 Å². The quantitative estimate of drug-likeness (QED) is 0.636. The summed E-state index contributed by atoms with van der Waals surface area (Å²) in [6.45, 7) is 3.93. The van der Waals surface area contributed by atoms with Gasteiger partial charge in [-0.1, -0.05) is 24.3 Å². The molecule has 1 heterocycles. The summed E-state index contributed by atoms with van der Waals surface area (Å²) in [7, 11) is 1.52. The molecule has 0 aliphatic rings. The number of imidazole rings is 1. The van der Waals surface area contributed by atoms with Crippen molar-refractivity contribution < 1.29 is 19.1 Å². The fourth-order valence-corrected chi connectivity index (χ4v) is 3.10. The van der Waals surface area contributed by atoms with Crippen LogP contribution < -0.4 is 10.1 Å². The number of hydrogen-bond donors (Lipinski definition) is 1. The summed E-state index contributed by atoms with van der Waals surface area (Å²) in [6.07, 6.45) is 0. The van der Waals surface area contributed by atoms with Crippen LogP contribution in [0.3, 0.4) is 0 Å². The van der Waals surface area contributed by atoms with Gasteiger partial charge in [0.05, 0.1) is 36.4 Å². The topological polar surface area (TPSA) is 82.5 Å². The maximum atomic E-state index is 12.7. The summed E-state index contributed by atoms with van der Waals surface area (Å²) in [5, 5.41) is 2.94. The van der Waals surface area contributed by atoms with Crippen LogP contribution >= 0.6 is 0 Å². The highest BCUT2D eigenvalue weighted by molar-refractivity contribution is 5.97. The highest BCUT2D eigenvalue weighted by Crippen LogP contribution is 2.23. The van der Waals surface area contributed by atoms with Crippen molar-refractivity contribution in [2.75, 3.05) is 13.7 Å². The Balaban J connectivity index is 1.91. The minimum Gasteiger partial charge on any atom is -0.496 e. The molecule has 0 radical (unpaired) electrons. The van der Waals surface area contributed by atoms with E-state index in [-0.39, 0.29) is 18.4 Å². The predicted molar refractivity (Wildman–Crippen MR) is 105 cm³/mol. The van der Waals surface area contributed by atoms with Crippen LogP contribution in [0, 0.1) is 0 Å². The fourth-order valence-electron chi connectivity index (χ4n) is 3.10. The van der Waals surface area contributed by atoms with Gasteiger partial charge in [-0.05, 0) is 38.1 Å². The second kappa shape index (κ2) is 8.56. The largest absolute Gasteiger partial charge is 0.496 e. The summed E-state index contributed by atoms with van der Waals surface area (Å²) >= 11 is 0. The Hall–Kier alpha value is -3.35. The number of esters is 1. The summed E-state index contributed by atoms with van der Waals surface area (Å²) in [5.74, 6) is 0.444. The highest BCUT2D eigenvalue weighted by atomic mass is 16.5. The average molecular weight is 381 g/mol. The lowest BCUT2D eigenvalue weighted by Crippen LogP contribution is -2.29. The molecule has 1 atom stereocenters. The van der Waals surface area contributed by atoms with E-state index in [2.05, 4.69) is 10.3 Å². The van der Waals surface area contributed by atoms with E-state index in [1.165, 1.54) is 7.11 Å². The van der Waals surface area contributed by atoms with E-state index in [0.29, 0.717) is 23.7 Å². The number of methoxy groups -OCH3 is 1. The number of ether oxygens (including phenoxy) is 2. The minimum absolute atomic E-state index is 0.0263. The molecule has 0 saturated carbocycles. The minimum atomic E-state index is -0.431. The van der Waals surface area contributed by atoms with Gasteiger partial charge in [-0.2, -0.15) is 0 Å².